The van der Waals surface area contributed by atoms with Crippen molar-refractivity contribution in [1.82, 2.24) is 20.5 Å². The van der Waals surface area contributed by atoms with Crippen LogP contribution in [0.4, 0.5) is 0 Å². The fourth-order valence-corrected chi connectivity index (χ4v) is 6.53. The van der Waals surface area contributed by atoms with Gasteiger partial charge >= 0.3 is 0 Å². The van der Waals surface area contributed by atoms with Gasteiger partial charge < -0.3 is 20.5 Å². The SMILES string of the molecule is CCN(CC)CCNC(=O)c1c(C)[nH]c(/C=C2/C=C/C(S(=O)(=O)CC3=CC=CCC3C#N)C/C=C/NC2=O)c1C. The fourth-order valence-electron chi connectivity index (χ4n) is 4.83. The molecule has 2 amide bonds. The van der Waals surface area contributed by atoms with Crippen molar-refractivity contribution < 1.29 is 18.0 Å². The lowest BCUT2D eigenvalue weighted by molar-refractivity contribution is -0.116. The molecule has 0 radical (unpaired) electrons. The van der Waals surface area contributed by atoms with Crippen LogP contribution in [0.3, 0.4) is 0 Å². The summed E-state index contributed by atoms with van der Waals surface area (Å²) in [4.78, 5) is 31.3. The van der Waals surface area contributed by atoms with Crippen molar-refractivity contribution in [2.75, 3.05) is 31.9 Å². The summed E-state index contributed by atoms with van der Waals surface area (Å²) in [6.45, 7) is 10.9. The second-order valence-electron chi connectivity index (χ2n) is 9.95. The van der Waals surface area contributed by atoms with Gasteiger partial charge in [-0.25, -0.2) is 8.42 Å². The first-order valence-electron chi connectivity index (χ1n) is 13.6. The summed E-state index contributed by atoms with van der Waals surface area (Å²) in [5.74, 6) is -1.26. The minimum atomic E-state index is -3.66. The van der Waals surface area contributed by atoms with Crippen LogP contribution in [0.25, 0.3) is 6.08 Å². The molecule has 2 unspecified atom stereocenters. The Labute approximate surface area is 237 Å². The van der Waals surface area contributed by atoms with E-state index in [9.17, 15) is 23.3 Å². The zero-order valence-corrected chi connectivity index (χ0v) is 24.5. The van der Waals surface area contributed by atoms with E-state index in [1.54, 1.807) is 24.3 Å². The van der Waals surface area contributed by atoms with Crippen LogP contribution in [0.15, 0.2) is 53.8 Å². The molecule has 0 saturated heterocycles. The van der Waals surface area contributed by atoms with Gasteiger partial charge in [-0.3, -0.25) is 9.59 Å². The van der Waals surface area contributed by atoms with Gasteiger partial charge in [0.25, 0.3) is 11.8 Å². The summed E-state index contributed by atoms with van der Waals surface area (Å²) in [7, 11) is -3.66. The predicted molar refractivity (Wildman–Crippen MR) is 158 cm³/mol. The Kier molecular flexibility index (Phi) is 10.9. The number of carbonyl (C=O) groups is 2. The number of hydrogen-bond acceptors (Lipinski definition) is 6. The molecule has 40 heavy (non-hydrogen) atoms. The molecule has 2 atom stereocenters. The Hall–Kier alpha value is -3.68. The van der Waals surface area contributed by atoms with Gasteiger partial charge in [0.05, 0.1) is 28.6 Å². The van der Waals surface area contributed by atoms with Crippen LogP contribution in [-0.2, 0) is 14.6 Å². The number of hydrogen-bond donors (Lipinski definition) is 3. The van der Waals surface area contributed by atoms with Crippen LogP contribution in [0.5, 0.6) is 0 Å². The largest absolute Gasteiger partial charge is 0.358 e. The van der Waals surface area contributed by atoms with E-state index in [1.807, 2.05) is 19.9 Å². The van der Waals surface area contributed by atoms with Crippen molar-refractivity contribution in [1.29, 1.82) is 5.26 Å². The highest BCUT2D eigenvalue weighted by Crippen LogP contribution is 2.25. The Morgan fingerprint density at radius 3 is 2.67 bits per heavy atom. The second-order valence-corrected chi connectivity index (χ2v) is 12.2. The quantitative estimate of drug-likeness (QED) is 0.372. The van der Waals surface area contributed by atoms with E-state index in [4.69, 9.17) is 0 Å². The number of amides is 2. The molecule has 214 valence electrons. The van der Waals surface area contributed by atoms with E-state index in [-0.39, 0.29) is 23.7 Å². The maximum Gasteiger partial charge on any atom is 0.255 e. The minimum absolute atomic E-state index is 0.186. The topological polar surface area (TPSA) is 135 Å². The summed E-state index contributed by atoms with van der Waals surface area (Å²) >= 11 is 0. The number of nitrogens with zero attached hydrogens (tertiary/aromatic N) is 2. The number of H-pyrrole nitrogens is 1. The molecule has 2 aliphatic rings. The number of aromatic amines is 1. The Balaban J connectivity index is 1.84. The number of aromatic nitrogens is 1. The van der Waals surface area contributed by atoms with Crippen molar-refractivity contribution in [2.45, 2.75) is 45.8 Å². The van der Waals surface area contributed by atoms with Crippen LogP contribution in [0.2, 0.25) is 0 Å². The molecule has 0 spiro atoms. The van der Waals surface area contributed by atoms with E-state index in [0.717, 1.165) is 19.6 Å². The average molecular weight is 566 g/mol. The predicted octanol–water partition coefficient (Wildman–Crippen LogP) is 3.49. The van der Waals surface area contributed by atoms with Crippen LogP contribution in [0.1, 0.15) is 54.0 Å². The molecule has 1 aromatic heterocycles. The molecule has 1 aliphatic carbocycles. The van der Waals surface area contributed by atoms with E-state index in [1.165, 1.54) is 18.4 Å². The molecule has 0 saturated carbocycles. The number of likely N-dealkylation sites (N-methyl/N-ethyl adjacent to an activating group) is 1. The van der Waals surface area contributed by atoms with Crippen molar-refractivity contribution in [2.24, 2.45) is 5.92 Å². The maximum atomic E-state index is 13.3. The Morgan fingerprint density at radius 1 is 1.23 bits per heavy atom. The van der Waals surface area contributed by atoms with E-state index < -0.39 is 26.9 Å². The Morgan fingerprint density at radius 2 is 1.98 bits per heavy atom. The smallest absolute Gasteiger partial charge is 0.255 e. The molecular weight excluding hydrogens is 526 g/mol. The molecule has 0 aromatic carbocycles. The molecule has 3 rings (SSSR count). The lowest BCUT2D eigenvalue weighted by Crippen LogP contribution is -2.35. The Bertz CT molecular complexity index is 1400. The maximum absolute atomic E-state index is 13.3. The van der Waals surface area contributed by atoms with E-state index in [0.29, 0.717) is 41.1 Å². The average Bonchev–Trinajstić information content (AvgIpc) is 3.25. The number of nitrogens with one attached hydrogen (secondary N) is 3. The van der Waals surface area contributed by atoms with Gasteiger partial charge in [0.2, 0.25) is 0 Å². The molecule has 3 N–H and O–H groups in total. The van der Waals surface area contributed by atoms with Crippen molar-refractivity contribution in [3.8, 4) is 6.07 Å². The molecule has 1 aromatic rings. The summed E-state index contributed by atoms with van der Waals surface area (Å²) in [6.07, 6.45) is 13.8. The molecule has 0 bridgehead atoms. The monoisotopic (exact) mass is 565 g/mol. The first kappa shape index (κ1) is 30.9. The normalized spacial score (nSPS) is 22.1. The van der Waals surface area contributed by atoms with E-state index in [2.05, 4.69) is 40.4 Å². The molecule has 10 heteroatoms. The van der Waals surface area contributed by atoms with Crippen LogP contribution in [-0.4, -0.2) is 67.3 Å². The van der Waals surface area contributed by atoms with Crippen LogP contribution < -0.4 is 10.6 Å². The highest BCUT2D eigenvalue weighted by Gasteiger charge is 2.28. The van der Waals surface area contributed by atoms with Gasteiger partial charge in [-0.1, -0.05) is 50.3 Å². The number of carbonyl (C=O) groups excluding carboxylic acids is 2. The summed E-state index contributed by atoms with van der Waals surface area (Å²) in [5, 5.41) is 14.2. The van der Waals surface area contributed by atoms with Gasteiger partial charge in [0.15, 0.2) is 9.84 Å². The standard InChI is InChI=1S/C30H39N5O4S/c1-5-35(6-2)17-16-33-30(37)28-21(3)27(34-22(28)4)18-23-13-14-26(12-9-15-32-29(23)36)40(38,39)20-25-11-8-7-10-24(25)19-31/h7-9,11,13-15,18,24,26,34H,5-6,10,12,16-17,20H2,1-4H3,(H,32,36)(H,33,37)/b14-13+,15-9+,23-18-. The van der Waals surface area contributed by atoms with Crippen LogP contribution >= 0.6 is 0 Å². The zero-order chi connectivity index (χ0) is 29.3. The summed E-state index contributed by atoms with van der Waals surface area (Å²) in [5.41, 5.74) is 3.33. The fraction of sp³-hybridized carbons (Fsp3) is 0.433. The number of aryl methyl sites for hydroxylation is 1. The third-order valence-electron chi connectivity index (χ3n) is 7.32. The minimum Gasteiger partial charge on any atom is -0.358 e. The highest BCUT2D eigenvalue weighted by molar-refractivity contribution is 7.92. The second kappa shape index (κ2) is 14.1. The number of sulfone groups is 1. The lowest BCUT2D eigenvalue weighted by Gasteiger charge is -2.18. The lowest BCUT2D eigenvalue weighted by atomic mass is 9.94. The zero-order valence-electron chi connectivity index (χ0n) is 23.7. The van der Waals surface area contributed by atoms with Crippen molar-refractivity contribution in [3.05, 3.63) is 76.3 Å². The molecule has 9 nitrogen and oxygen atoms in total. The third-order valence-corrected chi connectivity index (χ3v) is 9.32. The number of nitriles is 1. The molecule has 0 fully saturated rings. The van der Waals surface area contributed by atoms with Gasteiger partial charge in [0.1, 0.15) is 0 Å². The first-order chi connectivity index (χ1) is 19.1. The van der Waals surface area contributed by atoms with Gasteiger partial charge in [-0.15, -0.1) is 0 Å². The molecule has 2 heterocycles. The third kappa shape index (κ3) is 7.71. The number of allylic oxidation sites excluding steroid dienone is 4. The van der Waals surface area contributed by atoms with Crippen molar-refractivity contribution in [3.63, 3.8) is 0 Å². The van der Waals surface area contributed by atoms with E-state index >= 15 is 0 Å². The molecular formula is C30H39N5O4S. The highest BCUT2D eigenvalue weighted by atomic mass is 32.2. The van der Waals surface area contributed by atoms with Crippen molar-refractivity contribution >= 4 is 27.7 Å². The summed E-state index contributed by atoms with van der Waals surface area (Å²) in [6, 6.07) is 2.18. The van der Waals surface area contributed by atoms with Gasteiger partial charge in [-0.05, 0) is 57.0 Å². The van der Waals surface area contributed by atoms with Gasteiger partial charge in [-0.2, -0.15) is 5.26 Å². The van der Waals surface area contributed by atoms with Crippen LogP contribution in [0, 0.1) is 31.1 Å². The first-order valence-corrected chi connectivity index (χ1v) is 15.3. The summed E-state index contributed by atoms with van der Waals surface area (Å²) < 4.78 is 26.7. The van der Waals surface area contributed by atoms with Gasteiger partial charge in [0, 0.05) is 36.3 Å². The number of rotatable bonds is 10. The molecule has 1 aliphatic heterocycles.